The molecule has 102 valence electrons. The van der Waals surface area contributed by atoms with E-state index < -0.39 is 0 Å². The van der Waals surface area contributed by atoms with Gasteiger partial charge in [0.1, 0.15) is 0 Å². The zero-order chi connectivity index (χ0) is 13.5. The summed E-state index contributed by atoms with van der Waals surface area (Å²) in [5, 5.41) is 7.44. The van der Waals surface area contributed by atoms with Gasteiger partial charge in [-0.15, -0.1) is 0 Å². The predicted molar refractivity (Wildman–Crippen MR) is 75.0 cm³/mol. The van der Waals surface area contributed by atoms with Crippen molar-refractivity contribution in [1.82, 2.24) is 15.5 Å². The molecule has 0 amide bonds. The van der Waals surface area contributed by atoms with E-state index in [1.165, 1.54) is 5.56 Å². The number of rotatable bonds is 7. The van der Waals surface area contributed by atoms with Crippen LogP contribution < -0.4 is 5.32 Å². The highest BCUT2D eigenvalue weighted by Gasteiger charge is 2.10. The topological polar surface area (TPSA) is 51.0 Å². The smallest absolute Gasteiger partial charge is 0.228 e. The molecule has 2 aromatic rings. The van der Waals surface area contributed by atoms with Crippen LogP contribution in [0.1, 0.15) is 37.5 Å². The molecule has 0 saturated carbocycles. The van der Waals surface area contributed by atoms with Crippen molar-refractivity contribution in [2.24, 2.45) is 0 Å². The Morgan fingerprint density at radius 2 is 2.05 bits per heavy atom. The first-order chi connectivity index (χ1) is 9.28. The summed E-state index contributed by atoms with van der Waals surface area (Å²) in [6.07, 6.45) is 2.64. The highest BCUT2D eigenvalue weighted by Crippen LogP contribution is 2.07. The van der Waals surface area contributed by atoms with Gasteiger partial charge in [0.25, 0.3) is 0 Å². The third-order valence-corrected chi connectivity index (χ3v) is 2.94. The summed E-state index contributed by atoms with van der Waals surface area (Å²) in [5.74, 6) is 1.46. The molecule has 0 radical (unpaired) electrons. The van der Waals surface area contributed by atoms with E-state index in [4.69, 9.17) is 4.52 Å². The van der Waals surface area contributed by atoms with E-state index in [2.05, 4.69) is 41.4 Å². The summed E-state index contributed by atoms with van der Waals surface area (Å²) in [6.45, 7) is 5.31. The molecule has 0 aliphatic rings. The number of nitrogens with one attached hydrogen (secondary N) is 1. The first-order valence-corrected chi connectivity index (χ1v) is 6.86. The standard InChI is InChI=1S/C15H21N3O/c1-3-9-16-12(2)10-15-17-14(18-19-15)11-13-7-5-4-6-8-13/h4-8,12,16H,3,9-11H2,1-2H3. The molecule has 1 N–H and O–H groups in total. The molecule has 0 bridgehead atoms. The fourth-order valence-corrected chi connectivity index (χ4v) is 1.95. The number of hydrogen-bond acceptors (Lipinski definition) is 4. The highest BCUT2D eigenvalue weighted by atomic mass is 16.5. The van der Waals surface area contributed by atoms with Gasteiger partial charge in [-0.2, -0.15) is 4.98 Å². The van der Waals surface area contributed by atoms with Crippen LogP contribution in [0.25, 0.3) is 0 Å². The van der Waals surface area contributed by atoms with E-state index in [9.17, 15) is 0 Å². The molecule has 0 aliphatic carbocycles. The van der Waals surface area contributed by atoms with Crippen LogP contribution in [0, 0.1) is 0 Å². The minimum atomic E-state index is 0.366. The van der Waals surface area contributed by atoms with E-state index in [-0.39, 0.29) is 0 Å². The lowest BCUT2D eigenvalue weighted by Gasteiger charge is -2.09. The Morgan fingerprint density at radius 3 is 2.79 bits per heavy atom. The van der Waals surface area contributed by atoms with Gasteiger partial charge in [-0.05, 0) is 25.5 Å². The number of aromatic nitrogens is 2. The van der Waals surface area contributed by atoms with Crippen molar-refractivity contribution in [3.05, 3.63) is 47.6 Å². The van der Waals surface area contributed by atoms with E-state index in [1.807, 2.05) is 18.2 Å². The molecular weight excluding hydrogens is 238 g/mol. The second kappa shape index (κ2) is 7.04. The summed E-state index contributed by atoms with van der Waals surface area (Å²) in [6, 6.07) is 10.6. The SMILES string of the molecule is CCCNC(C)Cc1nc(Cc2ccccc2)no1. The second-order valence-electron chi connectivity index (χ2n) is 4.83. The van der Waals surface area contributed by atoms with E-state index in [1.54, 1.807) is 0 Å². The van der Waals surface area contributed by atoms with Crippen molar-refractivity contribution in [3.63, 3.8) is 0 Å². The first-order valence-electron chi connectivity index (χ1n) is 6.86. The molecule has 19 heavy (non-hydrogen) atoms. The van der Waals surface area contributed by atoms with Gasteiger partial charge in [0.05, 0.1) is 0 Å². The van der Waals surface area contributed by atoms with Crippen LogP contribution in [0.4, 0.5) is 0 Å². The Bertz CT molecular complexity index is 481. The molecule has 1 atom stereocenters. The number of nitrogens with zero attached hydrogens (tertiary/aromatic N) is 2. The Labute approximate surface area is 114 Å². The average molecular weight is 259 g/mol. The van der Waals surface area contributed by atoms with E-state index >= 15 is 0 Å². The summed E-state index contributed by atoms with van der Waals surface area (Å²) >= 11 is 0. The van der Waals surface area contributed by atoms with Crippen LogP contribution >= 0.6 is 0 Å². The summed E-state index contributed by atoms with van der Waals surface area (Å²) < 4.78 is 5.29. The van der Waals surface area contributed by atoms with Gasteiger partial charge in [0, 0.05) is 18.9 Å². The monoisotopic (exact) mass is 259 g/mol. The molecule has 1 heterocycles. The van der Waals surface area contributed by atoms with Crippen LogP contribution in [0.3, 0.4) is 0 Å². The zero-order valence-corrected chi connectivity index (χ0v) is 11.6. The summed E-state index contributed by atoms with van der Waals surface area (Å²) in [5.41, 5.74) is 1.20. The van der Waals surface area contributed by atoms with Gasteiger partial charge in [-0.25, -0.2) is 0 Å². The molecule has 0 saturated heterocycles. The lowest BCUT2D eigenvalue weighted by Crippen LogP contribution is -2.28. The van der Waals surface area contributed by atoms with Crippen molar-refractivity contribution >= 4 is 0 Å². The van der Waals surface area contributed by atoms with Gasteiger partial charge < -0.3 is 9.84 Å². The minimum Gasteiger partial charge on any atom is -0.339 e. The highest BCUT2D eigenvalue weighted by molar-refractivity contribution is 5.18. The quantitative estimate of drug-likeness (QED) is 0.830. The van der Waals surface area contributed by atoms with Crippen LogP contribution in [0.2, 0.25) is 0 Å². The number of benzene rings is 1. The maximum absolute atomic E-state index is 5.29. The lowest BCUT2D eigenvalue weighted by atomic mass is 10.1. The van der Waals surface area contributed by atoms with Crippen LogP contribution in [0.15, 0.2) is 34.9 Å². The van der Waals surface area contributed by atoms with Gasteiger partial charge in [0.15, 0.2) is 5.82 Å². The van der Waals surface area contributed by atoms with Gasteiger partial charge in [0.2, 0.25) is 5.89 Å². The fourth-order valence-electron chi connectivity index (χ4n) is 1.95. The predicted octanol–water partition coefficient (Wildman–Crippen LogP) is 2.59. The van der Waals surface area contributed by atoms with Gasteiger partial charge in [-0.1, -0.05) is 42.4 Å². The van der Waals surface area contributed by atoms with E-state index in [0.717, 1.165) is 31.6 Å². The normalized spacial score (nSPS) is 12.5. The van der Waals surface area contributed by atoms with Gasteiger partial charge in [-0.3, -0.25) is 0 Å². The molecule has 1 aromatic carbocycles. The zero-order valence-electron chi connectivity index (χ0n) is 11.6. The Kier molecular flexibility index (Phi) is 5.10. The maximum Gasteiger partial charge on any atom is 0.228 e. The Balaban J connectivity index is 1.88. The molecule has 0 fully saturated rings. The summed E-state index contributed by atoms with van der Waals surface area (Å²) in [4.78, 5) is 4.44. The van der Waals surface area contributed by atoms with Crippen molar-refractivity contribution < 1.29 is 4.52 Å². The summed E-state index contributed by atoms with van der Waals surface area (Å²) in [7, 11) is 0. The molecule has 1 unspecified atom stereocenters. The molecule has 4 heteroatoms. The molecule has 0 spiro atoms. The largest absolute Gasteiger partial charge is 0.339 e. The van der Waals surface area contributed by atoms with Gasteiger partial charge >= 0.3 is 0 Å². The van der Waals surface area contributed by atoms with Crippen molar-refractivity contribution in [3.8, 4) is 0 Å². The second-order valence-corrected chi connectivity index (χ2v) is 4.83. The average Bonchev–Trinajstić information content (AvgIpc) is 2.85. The Hall–Kier alpha value is -1.68. The minimum absolute atomic E-state index is 0.366. The van der Waals surface area contributed by atoms with Crippen molar-refractivity contribution in [2.75, 3.05) is 6.54 Å². The lowest BCUT2D eigenvalue weighted by molar-refractivity contribution is 0.358. The van der Waals surface area contributed by atoms with E-state index in [0.29, 0.717) is 11.9 Å². The van der Waals surface area contributed by atoms with Crippen molar-refractivity contribution in [1.29, 1.82) is 0 Å². The maximum atomic E-state index is 5.29. The van der Waals surface area contributed by atoms with Crippen LogP contribution in [-0.4, -0.2) is 22.7 Å². The molecule has 2 rings (SSSR count). The first kappa shape index (κ1) is 13.7. The molecule has 1 aromatic heterocycles. The van der Waals surface area contributed by atoms with Crippen LogP contribution in [0.5, 0.6) is 0 Å². The Morgan fingerprint density at radius 1 is 1.26 bits per heavy atom. The third kappa shape index (κ3) is 4.48. The third-order valence-electron chi connectivity index (χ3n) is 2.94. The fraction of sp³-hybridized carbons (Fsp3) is 0.467. The molecular formula is C15H21N3O. The number of hydrogen-bond donors (Lipinski definition) is 1. The molecule has 0 aliphatic heterocycles. The van der Waals surface area contributed by atoms with Crippen LogP contribution in [-0.2, 0) is 12.8 Å². The van der Waals surface area contributed by atoms with Crippen molar-refractivity contribution in [2.45, 2.75) is 39.2 Å². The molecule has 4 nitrogen and oxygen atoms in total.